The quantitative estimate of drug-likeness (QED) is 0.878. The fraction of sp³-hybridized carbons (Fsp3) is 0.375. The van der Waals surface area contributed by atoms with Crippen molar-refractivity contribution >= 4 is 5.69 Å². The highest BCUT2D eigenvalue weighted by molar-refractivity contribution is 5.39. The number of nitrogens with one attached hydrogen (secondary N) is 1. The molecule has 106 valence electrons. The molecule has 0 saturated carbocycles. The van der Waals surface area contributed by atoms with Crippen LogP contribution < -0.4 is 10.9 Å². The van der Waals surface area contributed by atoms with Crippen LogP contribution in [0.25, 0.3) is 0 Å². The largest absolute Gasteiger partial charge is 0.381 e. The summed E-state index contributed by atoms with van der Waals surface area (Å²) in [7, 11) is 0. The smallest absolute Gasteiger partial charge is 0.268 e. The highest BCUT2D eigenvalue weighted by Crippen LogP contribution is 2.04. The molecule has 4 heteroatoms. The molecule has 0 bridgehead atoms. The van der Waals surface area contributed by atoms with Crippen LogP contribution in [0, 0.1) is 0 Å². The van der Waals surface area contributed by atoms with Gasteiger partial charge in [0.2, 0.25) is 0 Å². The Morgan fingerprint density at radius 2 is 2.00 bits per heavy atom. The molecular formula is C16H21N3O. The van der Waals surface area contributed by atoms with E-state index in [0.29, 0.717) is 12.6 Å². The number of benzene rings is 1. The van der Waals surface area contributed by atoms with Crippen molar-refractivity contribution in [3.8, 4) is 0 Å². The first kappa shape index (κ1) is 14.3. The van der Waals surface area contributed by atoms with Crippen LogP contribution in [-0.2, 0) is 13.0 Å². The van der Waals surface area contributed by atoms with E-state index in [-0.39, 0.29) is 5.56 Å². The summed E-state index contributed by atoms with van der Waals surface area (Å²) >= 11 is 0. The topological polar surface area (TPSA) is 46.9 Å². The van der Waals surface area contributed by atoms with E-state index in [2.05, 4.69) is 22.5 Å². The van der Waals surface area contributed by atoms with Gasteiger partial charge in [-0.05, 0) is 32.3 Å². The van der Waals surface area contributed by atoms with E-state index in [0.717, 1.165) is 18.5 Å². The maximum atomic E-state index is 11.9. The minimum absolute atomic E-state index is 0.0521. The first-order chi connectivity index (χ1) is 9.65. The Kier molecular flexibility index (Phi) is 4.93. The molecule has 0 saturated heterocycles. The average Bonchev–Trinajstić information content (AvgIpc) is 2.42. The van der Waals surface area contributed by atoms with Crippen molar-refractivity contribution in [2.45, 2.75) is 39.3 Å². The monoisotopic (exact) mass is 271 g/mol. The summed E-state index contributed by atoms with van der Waals surface area (Å²) in [6.07, 6.45) is 3.58. The molecule has 2 aromatic rings. The van der Waals surface area contributed by atoms with E-state index >= 15 is 0 Å². The molecule has 1 aromatic heterocycles. The number of aromatic nitrogens is 2. The maximum absolute atomic E-state index is 11.9. The molecule has 1 heterocycles. The van der Waals surface area contributed by atoms with Gasteiger partial charge in [-0.15, -0.1) is 0 Å². The van der Waals surface area contributed by atoms with Crippen LogP contribution in [0.5, 0.6) is 0 Å². The molecule has 0 unspecified atom stereocenters. The molecule has 0 spiro atoms. The number of hydrogen-bond acceptors (Lipinski definition) is 3. The summed E-state index contributed by atoms with van der Waals surface area (Å²) < 4.78 is 1.52. The Bertz CT molecular complexity index is 590. The van der Waals surface area contributed by atoms with Crippen LogP contribution in [0.4, 0.5) is 5.69 Å². The highest BCUT2D eigenvalue weighted by Gasteiger charge is 2.01. The van der Waals surface area contributed by atoms with Crippen molar-refractivity contribution in [1.82, 2.24) is 9.78 Å². The van der Waals surface area contributed by atoms with E-state index in [1.54, 1.807) is 12.3 Å². The van der Waals surface area contributed by atoms with Crippen LogP contribution in [0.15, 0.2) is 47.4 Å². The summed E-state index contributed by atoms with van der Waals surface area (Å²) in [5.41, 5.74) is 2.02. The van der Waals surface area contributed by atoms with Crippen molar-refractivity contribution in [3.05, 3.63) is 58.5 Å². The minimum Gasteiger partial charge on any atom is -0.381 e. The van der Waals surface area contributed by atoms with Crippen molar-refractivity contribution < 1.29 is 0 Å². The van der Waals surface area contributed by atoms with Crippen molar-refractivity contribution in [2.24, 2.45) is 0 Å². The van der Waals surface area contributed by atoms with Crippen LogP contribution in [-0.4, -0.2) is 15.8 Å². The third-order valence-electron chi connectivity index (χ3n) is 3.00. The number of aryl methyl sites for hydroxylation is 2. The summed E-state index contributed by atoms with van der Waals surface area (Å²) in [6.45, 7) is 4.71. The Balaban J connectivity index is 1.92. The first-order valence-corrected chi connectivity index (χ1v) is 7.03. The molecule has 0 atom stereocenters. The zero-order chi connectivity index (χ0) is 14.4. The average molecular weight is 271 g/mol. The maximum Gasteiger partial charge on any atom is 0.268 e. The van der Waals surface area contributed by atoms with Gasteiger partial charge in [-0.1, -0.05) is 30.3 Å². The zero-order valence-corrected chi connectivity index (χ0v) is 12.0. The van der Waals surface area contributed by atoms with Gasteiger partial charge in [0.05, 0.1) is 11.9 Å². The number of hydrogen-bond donors (Lipinski definition) is 1. The van der Waals surface area contributed by atoms with Gasteiger partial charge in [0, 0.05) is 18.7 Å². The molecule has 0 amide bonds. The predicted molar refractivity (Wildman–Crippen MR) is 82.0 cm³/mol. The lowest BCUT2D eigenvalue weighted by molar-refractivity contribution is 0.548. The van der Waals surface area contributed by atoms with Gasteiger partial charge in [0.15, 0.2) is 0 Å². The Labute approximate surface area is 119 Å². The van der Waals surface area contributed by atoms with Gasteiger partial charge < -0.3 is 5.32 Å². The Morgan fingerprint density at radius 3 is 2.65 bits per heavy atom. The third-order valence-corrected chi connectivity index (χ3v) is 3.00. The molecule has 1 aromatic carbocycles. The van der Waals surface area contributed by atoms with Crippen molar-refractivity contribution in [2.75, 3.05) is 5.32 Å². The fourth-order valence-corrected chi connectivity index (χ4v) is 2.09. The SMILES string of the molecule is CC(C)Nc1cnn(CCCc2ccccc2)c(=O)c1. The van der Waals surface area contributed by atoms with Gasteiger partial charge in [0.1, 0.15) is 0 Å². The van der Waals surface area contributed by atoms with E-state index in [9.17, 15) is 4.79 Å². The standard InChI is InChI=1S/C16H21N3O/c1-13(2)18-15-11-16(20)19(17-12-15)10-6-9-14-7-4-3-5-8-14/h3-5,7-8,11-13,18H,6,9-10H2,1-2H3. The highest BCUT2D eigenvalue weighted by atomic mass is 16.1. The van der Waals surface area contributed by atoms with Crippen LogP contribution >= 0.6 is 0 Å². The second-order valence-corrected chi connectivity index (χ2v) is 5.19. The lowest BCUT2D eigenvalue weighted by Gasteiger charge is -2.10. The third kappa shape index (κ3) is 4.23. The zero-order valence-electron chi connectivity index (χ0n) is 12.0. The molecular weight excluding hydrogens is 250 g/mol. The Morgan fingerprint density at radius 1 is 1.25 bits per heavy atom. The fourth-order valence-electron chi connectivity index (χ4n) is 2.09. The van der Waals surface area contributed by atoms with Gasteiger partial charge in [-0.2, -0.15) is 5.10 Å². The van der Waals surface area contributed by atoms with Gasteiger partial charge in [-0.25, -0.2) is 4.68 Å². The lowest BCUT2D eigenvalue weighted by Crippen LogP contribution is -2.23. The Hall–Kier alpha value is -2.10. The van der Waals surface area contributed by atoms with Crippen LogP contribution in [0.3, 0.4) is 0 Å². The molecule has 4 nitrogen and oxygen atoms in total. The van der Waals surface area contributed by atoms with Crippen molar-refractivity contribution in [3.63, 3.8) is 0 Å². The molecule has 20 heavy (non-hydrogen) atoms. The molecule has 0 aliphatic rings. The van der Waals surface area contributed by atoms with E-state index < -0.39 is 0 Å². The number of nitrogens with zero attached hydrogens (tertiary/aromatic N) is 2. The summed E-state index contributed by atoms with van der Waals surface area (Å²) in [6, 6.07) is 12.2. The number of rotatable bonds is 6. The molecule has 0 aliphatic carbocycles. The van der Waals surface area contributed by atoms with Crippen LogP contribution in [0.2, 0.25) is 0 Å². The first-order valence-electron chi connectivity index (χ1n) is 7.03. The lowest BCUT2D eigenvalue weighted by atomic mass is 10.1. The second kappa shape index (κ2) is 6.89. The predicted octanol–water partition coefficient (Wildman–Crippen LogP) is 2.70. The summed E-state index contributed by atoms with van der Waals surface area (Å²) in [5.74, 6) is 0. The van der Waals surface area contributed by atoms with Gasteiger partial charge in [0.25, 0.3) is 5.56 Å². The van der Waals surface area contributed by atoms with Gasteiger partial charge in [-0.3, -0.25) is 4.79 Å². The van der Waals surface area contributed by atoms with E-state index in [1.165, 1.54) is 10.2 Å². The van der Waals surface area contributed by atoms with Crippen molar-refractivity contribution in [1.29, 1.82) is 0 Å². The summed E-state index contributed by atoms with van der Waals surface area (Å²) in [5, 5.41) is 7.38. The molecule has 0 fully saturated rings. The summed E-state index contributed by atoms with van der Waals surface area (Å²) in [4.78, 5) is 11.9. The molecule has 1 N–H and O–H groups in total. The van der Waals surface area contributed by atoms with E-state index in [4.69, 9.17) is 0 Å². The normalized spacial score (nSPS) is 10.8. The van der Waals surface area contributed by atoms with Gasteiger partial charge >= 0.3 is 0 Å². The second-order valence-electron chi connectivity index (χ2n) is 5.19. The molecule has 2 rings (SSSR count). The van der Waals surface area contributed by atoms with Crippen LogP contribution in [0.1, 0.15) is 25.8 Å². The molecule has 0 radical (unpaired) electrons. The van der Waals surface area contributed by atoms with E-state index in [1.807, 2.05) is 32.0 Å². The molecule has 0 aliphatic heterocycles. The minimum atomic E-state index is -0.0521. The number of anilines is 1.